The summed E-state index contributed by atoms with van der Waals surface area (Å²) in [6.45, 7) is 8.92. The molecule has 2 fully saturated rings. The van der Waals surface area contributed by atoms with Gasteiger partial charge in [-0.2, -0.15) is 0 Å². The molecule has 45 heavy (non-hydrogen) atoms. The number of amides is 2. The van der Waals surface area contributed by atoms with Gasteiger partial charge in [-0.25, -0.2) is 4.90 Å². The second-order valence-electron chi connectivity index (χ2n) is 13.1. The normalized spacial score (nSPS) is 25.4. The molecule has 0 bridgehead atoms. The first-order chi connectivity index (χ1) is 21.5. The van der Waals surface area contributed by atoms with Crippen LogP contribution >= 0.6 is 0 Å². The number of aliphatic hydroxyl groups excluding tert-OH is 1. The van der Waals surface area contributed by atoms with Gasteiger partial charge in [-0.05, 0) is 75.5 Å². The zero-order valence-electron chi connectivity index (χ0n) is 26.1. The predicted octanol–water partition coefficient (Wildman–Crippen LogP) is 5.58. The molecule has 0 saturated carbocycles. The number of esters is 1. The minimum Gasteiger partial charge on any atom is -0.459 e. The molecule has 5 unspecified atom stereocenters. The summed E-state index contributed by atoms with van der Waals surface area (Å²) in [5.74, 6) is -1.04. The van der Waals surface area contributed by atoms with E-state index in [1.807, 2.05) is 51.1 Å². The highest BCUT2D eigenvalue weighted by molar-refractivity contribution is 6.34. The van der Waals surface area contributed by atoms with Crippen LogP contribution in [0.3, 0.4) is 0 Å². The molecular formula is C36H40N2O7. The third kappa shape index (κ3) is 6.31. The van der Waals surface area contributed by atoms with Crippen LogP contribution in [-0.2, 0) is 25.6 Å². The van der Waals surface area contributed by atoms with E-state index in [2.05, 4.69) is 11.8 Å². The van der Waals surface area contributed by atoms with E-state index in [1.54, 1.807) is 42.5 Å². The van der Waals surface area contributed by atoms with Crippen molar-refractivity contribution >= 4 is 23.5 Å². The highest BCUT2D eigenvalue weighted by Gasteiger charge is 2.43. The first-order valence-electron chi connectivity index (χ1n) is 15.6. The van der Waals surface area contributed by atoms with Gasteiger partial charge in [0.25, 0.3) is 11.8 Å². The molecule has 9 heteroatoms. The number of benzene rings is 3. The molecule has 0 radical (unpaired) electrons. The smallest absolute Gasteiger partial charge is 0.323 e. The van der Waals surface area contributed by atoms with Crippen LogP contribution < -0.4 is 4.90 Å². The van der Waals surface area contributed by atoms with Crippen LogP contribution in [-0.4, -0.2) is 58.6 Å². The first kappa shape index (κ1) is 31.1. The fourth-order valence-electron chi connectivity index (χ4n) is 6.47. The molecule has 3 aromatic rings. The van der Waals surface area contributed by atoms with Gasteiger partial charge in [-0.15, -0.1) is 0 Å². The number of aliphatic hydroxyl groups is 1. The minimum atomic E-state index is -0.800. The first-order valence-corrected chi connectivity index (χ1v) is 15.6. The topological polar surface area (TPSA) is 106 Å². The van der Waals surface area contributed by atoms with Crippen molar-refractivity contribution in [1.82, 2.24) is 4.90 Å². The summed E-state index contributed by atoms with van der Waals surface area (Å²) in [7, 11) is 0. The van der Waals surface area contributed by atoms with Crippen LogP contribution in [0.4, 0.5) is 5.69 Å². The summed E-state index contributed by atoms with van der Waals surface area (Å²) in [4.78, 5) is 42.9. The monoisotopic (exact) mass is 612 g/mol. The van der Waals surface area contributed by atoms with E-state index in [4.69, 9.17) is 14.2 Å². The molecule has 3 aliphatic heterocycles. The van der Waals surface area contributed by atoms with Crippen LogP contribution in [0.25, 0.3) is 0 Å². The van der Waals surface area contributed by atoms with Crippen molar-refractivity contribution in [2.45, 2.75) is 77.3 Å². The maximum atomic E-state index is 13.2. The van der Waals surface area contributed by atoms with Gasteiger partial charge in [-0.3, -0.25) is 19.3 Å². The van der Waals surface area contributed by atoms with Crippen molar-refractivity contribution in [1.29, 1.82) is 0 Å². The number of likely N-dealkylation sites (tertiary alicyclic amines) is 1. The Kier molecular flexibility index (Phi) is 8.63. The Morgan fingerprint density at radius 2 is 1.62 bits per heavy atom. The third-order valence-electron chi connectivity index (χ3n) is 8.78. The lowest BCUT2D eigenvalue weighted by atomic mass is 9.90. The standard InChI is InChI=1S/C36H40N2O7/c1-22-30(20-37-18-8-13-29(37)34(42)45-36(2,3)4)43-35(44-31(22)24-16-14-23(21-39)15-17-24)25-9-7-10-26(19-25)38-32(40)27-11-5-6-12-28(27)33(38)41/h5-7,9-12,14-17,19,22,29-31,35,39H,8,13,18,20-21H2,1-4H3. The highest BCUT2D eigenvalue weighted by Crippen LogP contribution is 2.43. The van der Waals surface area contributed by atoms with Crippen LogP contribution in [0, 0.1) is 5.92 Å². The molecule has 9 nitrogen and oxygen atoms in total. The quantitative estimate of drug-likeness (QED) is 0.273. The fraction of sp³-hybridized carbons (Fsp3) is 0.417. The number of carbonyl (C=O) groups excluding carboxylic acids is 3. The van der Waals surface area contributed by atoms with E-state index in [1.165, 1.54) is 4.90 Å². The molecule has 6 rings (SSSR count). The molecule has 0 aromatic heterocycles. The molecular weight excluding hydrogens is 572 g/mol. The van der Waals surface area contributed by atoms with Gasteiger partial charge in [0.1, 0.15) is 11.6 Å². The number of hydrogen-bond acceptors (Lipinski definition) is 8. The summed E-state index contributed by atoms with van der Waals surface area (Å²) in [5.41, 5.74) is 3.04. The summed E-state index contributed by atoms with van der Waals surface area (Å²) in [5, 5.41) is 9.59. The minimum absolute atomic E-state index is 0.0542. The number of hydrogen-bond donors (Lipinski definition) is 1. The Balaban J connectivity index is 1.29. The van der Waals surface area contributed by atoms with E-state index >= 15 is 0 Å². The average Bonchev–Trinajstić information content (AvgIpc) is 3.59. The van der Waals surface area contributed by atoms with Crippen LogP contribution in [0.1, 0.15) is 90.3 Å². The number of imide groups is 1. The predicted molar refractivity (Wildman–Crippen MR) is 167 cm³/mol. The summed E-state index contributed by atoms with van der Waals surface area (Å²) in [6, 6.07) is 21.3. The van der Waals surface area contributed by atoms with E-state index < -0.39 is 11.9 Å². The van der Waals surface area contributed by atoms with Crippen molar-refractivity contribution in [3.63, 3.8) is 0 Å². The molecule has 0 aliphatic carbocycles. The van der Waals surface area contributed by atoms with Gasteiger partial charge in [0.05, 0.1) is 35.6 Å². The lowest BCUT2D eigenvalue weighted by Gasteiger charge is -2.43. The molecule has 2 saturated heterocycles. The lowest BCUT2D eigenvalue weighted by molar-refractivity contribution is -0.276. The van der Waals surface area contributed by atoms with Gasteiger partial charge in [0.2, 0.25) is 0 Å². The third-order valence-corrected chi connectivity index (χ3v) is 8.78. The number of ether oxygens (including phenoxy) is 3. The molecule has 2 amide bonds. The van der Waals surface area contributed by atoms with E-state index in [0.29, 0.717) is 28.9 Å². The van der Waals surface area contributed by atoms with Crippen molar-refractivity contribution < 1.29 is 33.7 Å². The van der Waals surface area contributed by atoms with E-state index in [0.717, 1.165) is 30.5 Å². The maximum absolute atomic E-state index is 13.2. The Morgan fingerprint density at radius 1 is 0.933 bits per heavy atom. The second-order valence-corrected chi connectivity index (χ2v) is 13.1. The molecule has 3 aromatic carbocycles. The maximum Gasteiger partial charge on any atom is 0.323 e. The largest absolute Gasteiger partial charge is 0.459 e. The molecule has 5 atom stereocenters. The van der Waals surface area contributed by atoms with Crippen LogP contribution in [0.2, 0.25) is 0 Å². The van der Waals surface area contributed by atoms with Gasteiger partial charge >= 0.3 is 5.97 Å². The zero-order chi connectivity index (χ0) is 31.9. The van der Waals surface area contributed by atoms with Gasteiger partial charge in [0.15, 0.2) is 6.29 Å². The molecule has 0 spiro atoms. The van der Waals surface area contributed by atoms with E-state index in [9.17, 15) is 19.5 Å². The number of anilines is 1. The number of nitrogens with zero attached hydrogens (tertiary/aromatic N) is 2. The Morgan fingerprint density at radius 3 is 2.27 bits per heavy atom. The van der Waals surface area contributed by atoms with Crippen molar-refractivity contribution in [2.75, 3.05) is 18.0 Å². The molecule has 1 N–H and O–H groups in total. The molecule has 3 aliphatic rings. The van der Waals surface area contributed by atoms with Gasteiger partial charge < -0.3 is 19.3 Å². The van der Waals surface area contributed by atoms with Crippen molar-refractivity contribution in [3.05, 3.63) is 101 Å². The summed E-state index contributed by atoms with van der Waals surface area (Å²) < 4.78 is 19.0. The Bertz CT molecular complexity index is 1550. The summed E-state index contributed by atoms with van der Waals surface area (Å²) in [6.07, 6.45) is 0.152. The average molecular weight is 613 g/mol. The van der Waals surface area contributed by atoms with E-state index in [-0.39, 0.29) is 48.6 Å². The SMILES string of the molecule is CC1C(CN2CCCC2C(=O)OC(C)(C)C)OC(c2cccc(N3C(=O)c4ccccc4C3=O)c2)OC1c1ccc(CO)cc1. The number of fused-ring (bicyclic) bond motifs is 1. The highest BCUT2D eigenvalue weighted by atomic mass is 16.7. The van der Waals surface area contributed by atoms with Crippen molar-refractivity contribution in [3.8, 4) is 0 Å². The molecule has 236 valence electrons. The Labute approximate surface area is 263 Å². The summed E-state index contributed by atoms with van der Waals surface area (Å²) >= 11 is 0. The molecule has 3 heterocycles. The van der Waals surface area contributed by atoms with Gasteiger partial charge in [-0.1, -0.05) is 55.5 Å². The zero-order valence-corrected chi connectivity index (χ0v) is 26.1. The fourth-order valence-corrected chi connectivity index (χ4v) is 6.47. The Hall–Kier alpha value is -3.89. The van der Waals surface area contributed by atoms with Crippen LogP contribution in [0.5, 0.6) is 0 Å². The number of rotatable bonds is 7. The van der Waals surface area contributed by atoms with Gasteiger partial charge in [0, 0.05) is 18.0 Å². The lowest BCUT2D eigenvalue weighted by Crippen LogP contribution is -2.48. The number of carbonyl (C=O) groups is 3. The van der Waals surface area contributed by atoms with Crippen molar-refractivity contribution in [2.24, 2.45) is 5.92 Å². The van der Waals surface area contributed by atoms with Crippen LogP contribution in [0.15, 0.2) is 72.8 Å². The second kappa shape index (κ2) is 12.5.